The van der Waals surface area contributed by atoms with E-state index in [4.69, 9.17) is 4.74 Å². The molecule has 0 heterocycles. The largest absolute Gasteiger partial charge is 0.496 e. The fourth-order valence-corrected chi connectivity index (χ4v) is 2.45. The summed E-state index contributed by atoms with van der Waals surface area (Å²) in [5.41, 5.74) is 2.92. The number of rotatable bonds is 5. The Kier molecular flexibility index (Phi) is 5.04. The van der Waals surface area contributed by atoms with Crippen LogP contribution in [0.25, 0.3) is 0 Å². The summed E-state index contributed by atoms with van der Waals surface area (Å²) in [5.74, 6) is 0.864. The molecule has 0 spiro atoms. The van der Waals surface area contributed by atoms with Gasteiger partial charge in [-0.25, -0.2) is 0 Å². The third kappa shape index (κ3) is 3.74. The zero-order valence-corrected chi connectivity index (χ0v) is 13.1. The van der Waals surface area contributed by atoms with Gasteiger partial charge in [-0.2, -0.15) is 0 Å². The molecule has 0 saturated carbocycles. The van der Waals surface area contributed by atoms with Crippen molar-refractivity contribution < 1.29 is 9.84 Å². The standard InChI is InChI=1S/C16H18BrNO2/c1-11-8-14(6-7-16(11)20-2)18-10-15(19)12-4-3-5-13(17)9-12/h3-9,15,18-19H,10H2,1-2H3. The summed E-state index contributed by atoms with van der Waals surface area (Å²) in [4.78, 5) is 0. The lowest BCUT2D eigenvalue weighted by Crippen LogP contribution is -2.12. The molecule has 20 heavy (non-hydrogen) atoms. The minimum atomic E-state index is -0.546. The molecule has 0 aliphatic heterocycles. The molecule has 2 N–H and O–H groups in total. The van der Waals surface area contributed by atoms with Gasteiger partial charge in [-0.05, 0) is 48.4 Å². The van der Waals surface area contributed by atoms with Crippen molar-refractivity contribution >= 4 is 21.6 Å². The molecule has 3 nitrogen and oxygen atoms in total. The Labute approximate surface area is 127 Å². The van der Waals surface area contributed by atoms with E-state index < -0.39 is 6.10 Å². The highest BCUT2D eigenvalue weighted by Crippen LogP contribution is 2.23. The van der Waals surface area contributed by atoms with Gasteiger partial charge >= 0.3 is 0 Å². The lowest BCUT2D eigenvalue weighted by molar-refractivity contribution is 0.191. The minimum Gasteiger partial charge on any atom is -0.496 e. The third-order valence-electron chi connectivity index (χ3n) is 3.13. The molecule has 1 atom stereocenters. The summed E-state index contributed by atoms with van der Waals surface area (Å²) in [6.45, 7) is 2.46. The van der Waals surface area contributed by atoms with Gasteiger partial charge in [0.15, 0.2) is 0 Å². The first-order valence-electron chi connectivity index (χ1n) is 6.42. The van der Waals surface area contributed by atoms with Crippen molar-refractivity contribution in [1.29, 1.82) is 0 Å². The fraction of sp³-hybridized carbons (Fsp3) is 0.250. The Bertz CT molecular complexity index is 586. The van der Waals surface area contributed by atoms with E-state index in [0.29, 0.717) is 6.54 Å². The van der Waals surface area contributed by atoms with Gasteiger partial charge in [0, 0.05) is 16.7 Å². The molecule has 1 unspecified atom stereocenters. The molecule has 2 rings (SSSR count). The number of methoxy groups -OCH3 is 1. The lowest BCUT2D eigenvalue weighted by atomic mass is 10.1. The third-order valence-corrected chi connectivity index (χ3v) is 3.62. The van der Waals surface area contributed by atoms with E-state index in [0.717, 1.165) is 27.0 Å². The Morgan fingerprint density at radius 1 is 1.25 bits per heavy atom. The molecule has 0 aliphatic carbocycles. The quantitative estimate of drug-likeness (QED) is 0.870. The first kappa shape index (κ1) is 14.9. The fourth-order valence-electron chi connectivity index (χ4n) is 2.03. The van der Waals surface area contributed by atoms with Crippen LogP contribution in [-0.2, 0) is 0 Å². The number of anilines is 1. The van der Waals surface area contributed by atoms with Crippen molar-refractivity contribution in [1.82, 2.24) is 0 Å². The normalized spacial score (nSPS) is 12.0. The number of hydrogen-bond donors (Lipinski definition) is 2. The molecule has 0 bridgehead atoms. The van der Waals surface area contributed by atoms with Crippen LogP contribution in [0.15, 0.2) is 46.9 Å². The van der Waals surface area contributed by atoms with E-state index in [1.165, 1.54) is 0 Å². The minimum absolute atomic E-state index is 0.461. The number of aliphatic hydroxyl groups is 1. The van der Waals surface area contributed by atoms with E-state index in [1.807, 2.05) is 49.4 Å². The van der Waals surface area contributed by atoms with Gasteiger partial charge in [0.2, 0.25) is 0 Å². The van der Waals surface area contributed by atoms with Crippen LogP contribution in [0.2, 0.25) is 0 Å². The van der Waals surface area contributed by atoms with Crippen LogP contribution in [0.5, 0.6) is 5.75 Å². The number of halogens is 1. The van der Waals surface area contributed by atoms with Gasteiger partial charge in [0.1, 0.15) is 5.75 Å². The van der Waals surface area contributed by atoms with Crippen LogP contribution in [0.3, 0.4) is 0 Å². The molecule has 0 aliphatic rings. The summed E-state index contributed by atoms with van der Waals surface area (Å²) in [5, 5.41) is 13.4. The van der Waals surface area contributed by atoms with Crippen molar-refractivity contribution in [2.45, 2.75) is 13.0 Å². The van der Waals surface area contributed by atoms with Crippen molar-refractivity contribution in [3.05, 3.63) is 58.1 Å². The molecule has 0 fully saturated rings. The van der Waals surface area contributed by atoms with Gasteiger partial charge in [0.05, 0.1) is 13.2 Å². The SMILES string of the molecule is COc1ccc(NCC(O)c2cccc(Br)c2)cc1C. The van der Waals surface area contributed by atoms with Gasteiger partial charge in [0.25, 0.3) is 0 Å². The van der Waals surface area contributed by atoms with Crippen molar-refractivity contribution in [3.8, 4) is 5.75 Å². The molecule has 4 heteroatoms. The molecular weight excluding hydrogens is 318 g/mol. The van der Waals surface area contributed by atoms with Crippen molar-refractivity contribution in [2.24, 2.45) is 0 Å². The van der Waals surface area contributed by atoms with E-state index in [9.17, 15) is 5.11 Å². The zero-order chi connectivity index (χ0) is 14.5. The maximum absolute atomic E-state index is 10.2. The highest BCUT2D eigenvalue weighted by atomic mass is 79.9. The Balaban J connectivity index is 1.99. The number of nitrogens with one attached hydrogen (secondary N) is 1. The molecule has 0 amide bonds. The second-order valence-electron chi connectivity index (χ2n) is 4.64. The summed E-state index contributed by atoms with van der Waals surface area (Å²) in [6.07, 6.45) is -0.546. The van der Waals surface area contributed by atoms with Crippen LogP contribution >= 0.6 is 15.9 Å². The van der Waals surface area contributed by atoms with Gasteiger partial charge in [-0.3, -0.25) is 0 Å². The number of ether oxygens (including phenoxy) is 1. The highest BCUT2D eigenvalue weighted by molar-refractivity contribution is 9.10. The highest BCUT2D eigenvalue weighted by Gasteiger charge is 2.08. The first-order chi connectivity index (χ1) is 9.60. The second kappa shape index (κ2) is 6.77. The van der Waals surface area contributed by atoms with Crippen LogP contribution in [0.4, 0.5) is 5.69 Å². The van der Waals surface area contributed by atoms with E-state index in [1.54, 1.807) is 7.11 Å². The Hall–Kier alpha value is -1.52. The smallest absolute Gasteiger partial charge is 0.121 e. The number of aliphatic hydroxyl groups excluding tert-OH is 1. The molecule has 2 aromatic rings. The predicted molar refractivity (Wildman–Crippen MR) is 85.3 cm³/mol. The maximum Gasteiger partial charge on any atom is 0.121 e. The monoisotopic (exact) mass is 335 g/mol. The molecule has 106 valence electrons. The van der Waals surface area contributed by atoms with Crippen LogP contribution in [-0.4, -0.2) is 18.8 Å². The molecule has 2 aromatic carbocycles. The Morgan fingerprint density at radius 2 is 2.05 bits per heavy atom. The van der Waals surface area contributed by atoms with Gasteiger partial charge in [-0.15, -0.1) is 0 Å². The van der Waals surface area contributed by atoms with Gasteiger partial charge < -0.3 is 15.2 Å². The average molecular weight is 336 g/mol. The van der Waals surface area contributed by atoms with E-state index in [2.05, 4.69) is 21.2 Å². The van der Waals surface area contributed by atoms with E-state index >= 15 is 0 Å². The van der Waals surface area contributed by atoms with E-state index in [-0.39, 0.29) is 0 Å². The number of aryl methyl sites for hydroxylation is 1. The summed E-state index contributed by atoms with van der Waals surface area (Å²) in [7, 11) is 1.66. The van der Waals surface area contributed by atoms with Crippen LogP contribution in [0, 0.1) is 6.92 Å². The van der Waals surface area contributed by atoms with Crippen molar-refractivity contribution in [3.63, 3.8) is 0 Å². The summed E-state index contributed by atoms with van der Waals surface area (Å²) in [6, 6.07) is 13.6. The lowest BCUT2D eigenvalue weighted by Gasteiger charge is -2.14. The topological polar surface area (TPSA) is 41.5 Å². The summed E-state index contributed by atoms with van der Waals surface area (Å²) >= 11 is 3.41. The zero-order valence-electron chi connectivity index (χ0n) is 11.6. The Morgan fingerprint density at radius 3 is 2.70 bits per heavy atom. The predicted octanol–water partition coefficient (Wildman–Crippen LogP) is 3.91. The number of benzene rings is 2. The first-order valence-corrected chi connectivity index (χ1v) is 7.21. The average Bonchev–Trinajstić information content (AvgIpc) is 2.45. The summed E-state index contributed by atoms with van der Waals surface area (Å²) < 4.78 is 6.19. The van der Waals surface area contributed by atoms with Crippen molar-refractivity contribution in [2.75, 3.05) is 19.0 Å². The molecule has 0 aromatic heterocycles. The van der Waals surface area contributed by atoms with Crippen LogP contribution in [0.1, 0.15) is 17.2 Å². The van der Waals surface area contributed by atoms with Gasteiger partial charge in [-0.1, -0.05) is 28.1 Å². The molecule has 0 saturated heterocycles. The molecular formula is C16H18BrNO2. The second-order valence-corrected chi connectivity index (χ2v) is 5.55. The van der Waals surface area contributed by atoms with Crippen LogP contribution < -0.4 is 10.1 Å². The number of hydrogen-bond acceptors (Lipinski definition) is 3. The molecule has 0 radical (unpaired) electrons. The maximum atomic E-state index is 10.2.